The van der Waals surface area contributed by atoms with Gasteiger partial charge in [0, 0.05) is 27.7 Å². The highest BCUT2D eigenvalue weighted by Gasteiger charge is 2.52. The van der Waals surface area contributed by atoms with Crippen molar-refractivity contribution in [2.75, 3.05) is 6.61 Å². The van der Waals surface area contributed by atoms with E-state index in [0.29, 0.717) is 0 Å². The van der Waals surface area contributed by atoms with E-state index in [2.05, 4.69) is 21.2 Å². The molecule has 1 aliphatic heterocycles. The Morgan fingerprint density at radius 2 is 1.56 bits per heavy atom. The average Bonchev–Trinajstić information content (AvgIpc) is 3.10. The van der Waals surface area contributed by atoms with E-state index in [9.17, 15) is 24.0 Å². The first-order valence-electron chi connectivity index (χ1n) is 9.34. The lowest BCUT2D eigenvalue weighted by atomic mass is 9.96. The van der Waals surface area contributed by atoms with Crippen molar-refractivity contribution >= 4 is 45.7 Å². The summed E-state index contributed by atoms with van der Waals surface area (Å²) in [6.07, 6.45) is -5.35. The third-order valence-electron chi connectivity index (χ3n) is 4.07. The molecule has 0 bridgehead atoms. The van der Waals surface area contributed by atoms with Gasteiger partial charge in [-0.25, -0.2) is 4.79 Å². The Kier molecular flexibility index (Phi) is 8.78. The molecule has 1 aromatic rings. The Hall–Kier alpha value is -2.93. The lowest BCUT2D eigenvalue weighted by Crippen LogP contribution is -2.66. The average molecular weight is 520 g/mol. The summed E-state index contributed by atoms with van der Waals surface area (Å²) in [5.41, 5.74) is 0. The second kappa shape index (κ2) is 11.1. The van der Waals surface area contributed by atoms with Crippen LogP contribution >= 0.6 is 15.9 Å². The van der Waals surface area contributed by atoms with Gasteiger partial charge in [0.25, 0.3) is 0 Å². The molecule has 0 spiro atoms. The lowest BCUT2D eigenvalue weighted by molar-refractivity contribution is -0.264. The number of carbonyl (C=O) groups is 5. The quantitative estimate of drug-likeness (QED) is 0.402. The predicted molar refractivity (Wildman–Crippen MR) is 106 cm³/mol. The Bertz CT molecular complexity index is 882. The summed E-state index contributed by atoms with van der Waals surface area (Å²) in [7, 11) is 0. The zero-order valence-electron chi connectivity index (χ0n) is 17.6. The van der Waals surface area contributed by atoms with Crippen LogP contribution in [0.1, 0.15) is 38.2 Å². The molecule has 0 aromatic carbocycles. The summed E-state index contributed by atoms with van der Waals surface area (Å²) < 4.78 is 32.0. The van der Waals surface area contributed by atoms with Gasteiger partial charge in [0.1, 0.15) is 18.8 Å². The Labute approximate surface area is 190 Å². The van der Waals surface area contributed by atoms with Crippen molar-refractivity contribution in [3.8, 4) is 0 Å². The highest BCUT2D eigenvalue weighted by atomic mass is 79.9. The van der Waals surface area contributed by atoms with E-state index >= 15 is 0 Å². The van der Waals surface area contributed by atoms with Gasteiger partial charge in [-0.1, -0.05) is 0 Å². The molecular weight excluding hydrogens is 498 g/mol. The van der Waals surface area contributed by atoms with Gasteiger partial charge in [-0.2, -0.15) is 0 Å². The normalized spacial score (nSPS) is 24.7. The lowest BCUT2D eigenvalue weighted by Gasteiger charge is -2.44. The number of hydrogen-bond acceptors (Lipinski definition) is 11. The van der Waals surface area contributed by atoms with Crippen molar-refractivity contribution < 1.29 is 52.1 Å². The van der Waals surface area contributed by atoms with Crippen molar-refractivity contribution in [1.82, 2.24) is 5.32 Å². The van der Waals surface area contributed by atoms with Gasteiger partial charge in [-0.15, -0.1) is 0 Å². The van der Waals surface area contributed by atoms with Crippen LogP contribution in [-0.4, -0.2) is 67.0 Å². The standard InChI is InChI=1S/C19H22BrNO11/c1-8(22)21-15-17(29-11(4)25)16(28-10(3)24)13(7-27-9(2)23)31-19(15)32-18(26)12-5-6-14(20)30-12/h5-6,13,15-17,19H,7H2,1-4H3,(H,21,22)/t13-,15+,16+,17-,19+/m0/s1. The minimum absolute atomic E-state index is 0.176. The maximum absolute atomic E-state index is 12.5. The van der Waals surface area contributed by atoms with E-state index in [1.165, 1.54) is 19.1 Å². The molecule has 0 saturated carbocycles. The number of esters is 4. The monoisotopic (exact) mass is 519 g/mol. The number of ether oxygens (including phenoxy) is 5. The maximum atomic E-state index is 12.5. The van der Waals surface area contributed by atoms with Crippen molar-refractivity contribution in [1.29, 1.82) is 0 Å². The van der Waals surface area contributed by atoms with Gasteiger partial charge in [-0.05, 0) is 28.1 Å². The fraction of sp³-hybridized carbons (Fsp3) is 0.526. The third-order valence-corrected chi connectivity index (χ3v) is 4.49. The molecule has 1 aliphatic rings. The molecular formula is C19H22BrNO11. The van der Waals surface area contributed by atoms with Crippen LogP contribution in [0.5, 0.6) is 0 Å². The van der Waals surface area contributed by atoms with Crippen molar-refractivity contribution in [2.45, 2.75) is 58.3 Å². The van der Waals surface area contributed by atoms with Crippen LogP contribution in [0.15, 0.2) is 21.2 Å². The Balaban J connectivity index is 2.42. The SMILES string of the molecule is CC(=O)N[C@H]1[C@@H](OC(=O)c2ccc(Br)o2)O[C@@H](COC(C)=O)[C@@H](OC(C)=O)[C@H]1OC(C)=O. The van der Waals surface area contributed by atoms with Crippen LogP contribution in [0.2, 0.25) is 0 Å². The number of furan rings is 1. The number of rotatable bonds is 7. The van der Waals surface area contributed by atoms with E-state index in [0.717, 1.165) is 20.8 Å². The van der Waals surface area contributed by atoms with E-state index in [1.807, 2.05) is 0 Å². The largest absolute Gasteiger partial charge is 0.463 e. The molecule has 2 heterocycles. The minimum Gasteiger partial charge on any atom is -0.463 e. The van der Waals surface area contributed by atoms with Crippen molar-refractivity contribution in [2.24, 2.45) is 0 Å². The molecule has 5 atom stereocenters. The van der Waals surface area contributed by atoms with Crippen LogP contribution < -0.4 is 5.32 Å². The molecule has 1 amide bonds. The number of halogens is 1. The van der Waals surface area contributed by atoms with Gasteiger partial charge in [0.2, 0.25) is 18.0 Å². The van der Waals surface area contributed by atoms with Crippen LogP contribution in [0.3, 0.4) is 0 Å². The Morgan fingerprint density at radius 1 is 0.938 bits per heavy atom. The summed E-state index contributed by atoms with van der Waals surface area (Å²) in [6.45, 7) is 4.13. The first kappa shape index (κ1) is 25.3. The number of nitrogens with one attached hydrogen (secondary N) is 1. The van der Waals surface area contributed by atoms with Crippen LogP contribution in [-0.2, 0) is 42.9 Å². The molecule has 0 aliphatic carbocycles. The molecule has 1 fully saturated rings. The molecule has 12 nitrogen and oxygen atoms in total. The van der Waals surface area contributed by atoms with Crippen molar-refractivity contribution in [3.63, 3.8) is 0 Å². The number of hydrogen-bond donors (Lipinski definition) is 1. The second-order valence-corrected chi connectivity index (χ2v) is 7.51. The number of amides is 1. The molecule has 0 unspecified atom stereocenters. The smallest absolute Gasteiger partial charge is 0.376 e. The molecule has 32 heavy (non-hydrogen) atoms. The van der Waals surface area contributed by atoms with Crippen LogP contribution in [0, 0.1) is 0 Å². The topological polar surface area (TPSA) is 157 Å². The maximum Gasteiger partial charge on any atom is 0.376 e. The third kappa shape index (κ3) is 7.05. The van der Waals surface area contributed by atoms with Gasteiger partial charge in [0.05, 0.1) is 0 Å². The van der Waals surface area contributed by atoms with Crippen molar-refractivity contribution in [3.05, 3.63) is 22.6 Å². The fourth-order valence-electron chi connectivity index (χ4n) is 2.98. The van der Waals surface area contributed by atoms with Gasteiger partial charge >= 0.3 is 23.9 Å². The molecule has 1 aromatic heterocycles. The zero-order chi connectivity index (χ0) is 24.0. The second-order valence-electron chi connectivity index (χ2n) is 6.73. The summed E-state index contributed by atoms with van der Waals surface area (Å²) in [6, 6.07) is 1.53. The van der Waals surface area contributed by atoms with Crippen LogP contribution in [0.25, 0.3) is 0 Å². The van der Waals surface area contributed by atoms with Crippen LogP contribution in [0.4, 0.5) is 0 Å². The molecule has 2 rings (SSSR count). The molecule has 1 N–H and O–H groups in total. The molecule has 1 saturated heterocycles. The summed E-state index contributed by atoms with van der Waals surface area (Å²) in [4.78, 5) is 59.1. The summed E-state index contributed by atoms with van der Waals surface area (Å²) >= 11 is 3.06. The first-order chi connectivity index (χ1) is 15.0. The highest BCUT2D eigenvalue weighted by Crippen LogP contribution is 2.29. The Morgan fingerprint density at radius 3 is 2.06 bits per heavy atom. The predicted octanol–water partition coefficient (Wildman–Crippen LogP) is 0.855. The van der Waals surface area contributed by atoms with E-state index in [1.54, 1.807) is 0 Å². The van der Waals surface area contributed by atoms with Gasteiger partial charge in [-0.3, -0.25) is 19.2 Å². The fourth-order valence-corrected chi connectivity index (χ4v) is 3.29. The molecule has 176 valence electrons. The summed E-state index contributed by atoms with van der Waals surface area (Å²) in [5.74, 6) is -3.87. The van der Waals surface area contributed by atoms with E-state index < -0.39 is 67.0 Å². The van der Waals surface area contributed by atoms with E-state index in [-0.39, 0.29) is 10.4 Å². The van der Waals surface area contributed by atoms with E-state index in [4.69, 9.17) is 28.1 Å². The molecule has 13 heteroatoms. The first-order valence-corrected chi connectivity index (χ1v) is 10.1. The minimum atomic E-state index is -1.52. The highest BCUT2D eigenvalue weighted by molar-refractivity contribution is 9.10. The molecule has 0 radical (unpaired) electrons. The van der Waals surface area contributed by atoms with Gasteiger partial charge in [0.15, 0.2) is 16.9 Å². The van der Waals surface area contributed by atoms with Gasteiger partial charge < -0.3 is 33.4 Å². The summed E-state index contributed by atoms with van der Waals surface area (Å²) in [5, 5.41) is 2.48. The zero-order valence-corrected chi connectivity index (χ0v) is 19.2. The number of carbonyl (C=O) groups excluding carboxylic acids is 5.